The smallest absolute Gasteiger partial charge is 0.161 e. The van der Waals surface area contributed by atoms with Gasteiger partial charge in [-0.15, -0.1) is 0 Å². The second kappa shape index (κ2) is 6.75. The second-order valence-electron chi connectivity index (χ2n) is 7.00. The van der Waals surface area contributed by atoms with Crippen LogP contribution in [-0.4, -0.2) is 40.1 Å². The molecule has 0 radical (unpaired) electrons. The molecule has 0 aliphatic heterocycles. The van der Waals surface area contributed by atoms with Crippen LogP contribution in [0.5, 0.6) is 17.2 Å². The number of benzene rings is 1. The summed E-state index contributed by atoms with van der Waals surface area (Å²) < 4.78 is 5.71. The maximum atomic E-state index is 10.0. The average molecular weight is 309 g/mol. The molecule has 0 saturated heterocycles. The molecular weight excluding hydrogens is 282 g/mol. The maximum absolute atomic E-state index is 10.0. The Hall–Kier alpha value is -1.46. The fraction of sp³-hybridized carbons (Fsp3) is 0.647. The minimum absolute atomic E-state index is 0.0306. The highest BCUT2D eigenvalue weighted by molar-refractivity contribution is 5.56. The first-order valence-corrected chi connectivity index (χ1v) is 7.90. The van der Waals surface area contributed by atoms with Gasteiger partial charge in [0.25, 0.3) is 0 Å². The molecule has 1 aromatic carbocycles. The van der Waals surface area contributed by atoms with Crippen molar-refractivity contribution in [1.82, 2.24) is 5.32 Å². The van der Waals surface area contributed by atoms with Gasteiger partial charge >= 0.3 is 0 Å². The van der Waals surface area contributed by atoms with Gasteiger partial charge in [-0.3, -0.25) is 0 Å². The zero-order chi connectivity index (χ0) is 16.3. The topological polar surface area (TPSA) is 82.0 Å². The van der Waals surface area contributed by atoms with Crippen molar-refractivity contribution in [2.75, 3.05) is 13.2 Å². The molecule has 1 aliphatic rings. The van der Waals surface area contributed by atoms with Crippen LogP contribution in [0.4, 0.5) is 0 Å². The third-order valence-electron chi connectivity index (χ3n) is 3.86. The standard InChI is InChI=1S/C17H27NO4/c1-17(2,3)18-9-11(19)10-22-15-8-14(20)16(21)13-7-5-4-6-12(13)15/h8,11,18-21H,4-7,9-10H2,1-3H3. The largest absolute Gasteiger partial charge is 0.504 e. The van der Waals surface area contributed by atoms with Gasteiger partial charge in [-0.1, -0.05) is 0 Å². The molecule has 1 unspecified atom stereocenters. The molecule has 2 rings (SSSR count). The Morgan fingerprint density at radius 2 is 1.82 bits per heavy atom. The summed E-state index contributed by atoms with van der Waals surface area (Å²) in [7, 11) is 0. The van der Waals surface area contributed by atoms with E-state index in [1.165, 1.54) is 6.07 Å². The SMILES string of the molecule is CC(C)(C)NCC(O)COc1cc(O)c(O)c2c1CCCC2. The highest BCUT2D eigenvalue weighted by Gasteiger charge is 2.22. The van der Waals surface area contributed by atoms with Crippen molar-refractivity contribution in [3.8, 4) is 17.2 Å². The summed E-state index contributed by atoms with van der Waals surface area (Å²) in [6.45, 7) is 6.70. The van der Waals surface area contributed by atoms with Crippen LogP contribution in [0.25, 0.3) is 0 Å². The molecule has 0 amide bonds. The highest BCUT2D eigenvalue weighted by Crippen LogP contribution is 2.41. The quantitative estimate of drug-likeness (QED) is 0.626. The lowest BCUT2D eigenvalue weighted by atomic mass is 9.90. The molecule has 1 atom stereocenters. The summed E-state index contributed by atoms with van der Waals surface area (Å²) in [4.78, 5) is 0. The molecule has 0 heterocycles. The number of phenols is 2. The molecule has 0 bridgehead atoms. The number of hydrogen-bond acceptors (Lipinski definition) is 5. The molecule has 5 nitrogen and oxygen atoms in total. The Labute approximate surface area is 131 Å². The summed E-state index contributed by atoms with van der Waals surface area (Å²) in [5, 5.41) is 33.0. The Balaban J connectivity index is 2.02. The molecule has 0 spiro atoms. The average Bonchev–Trinajstić information content (AvgIpc) is 2.47. The van der Waals surface area contributed by atoms with E-state index in [1.807, 2.05) is 20.8 Å². The zero-order valence-electron chi connectivity index (χ0n) is 13.6. The van der Waals surface area contributed by atoms with Crippen molar-refractivity contribution >= 4 is 0 Å². The van der Waals surface area contributed by atoms with E-state index >= 15 is 0 Å². The zero-order valence-corrected chi connectivity index (χ0v) is 13.6. The van der Waals surface area contributed by atoms with E-state index in [-0.39, 0.29) is 23.6 Å². The third kappa shape index (κ3) is 4.27. The van der Waals surface area contributed by atoms with E-state index in [4.69, 9.17) is 4.74 Å². The number of aromatic hydroxyl groups is 2. The predicted octanol–water partition coefficient (Wildman–Crippen LogP) is 2.10. The molecular formula is C17H27NO4. The van der Waals surface area contributed by atoms with Gasteiger partial charge in [-0.25, -0.2) is 0 Å². The monoisotopic (exact) mass is 309 g/mol. The van der Waals surface area contributed by atoms with E-state index in [0.717, 1.165) is 36.8 Å². The van der Waals surface area contributed by atoms with E-state index in [1.54, 1.807) is 0 Å². The van der Waals surface area contributed by atoms with Crippen molar-refractivity contribution in [2.45, 2.75) is 58.1 Å². The van der Waals surface area contributed by atoms with Gasteiger partial charge < -0.3 is 25.4 Å². The van der Waals surface area contributed by atoms with Crippen LogP contribution in [0.2, 0.25) is 0 Å². The Bertz CT molecular complexity index is 522. The van der Waals surface area contributed by atoms with Crippen molar-refractivity contribution < 1.29 is 20.1 Å². The number of β-amino-alcohol motifs (C(OH)–C–C–N with tert-alkyl or cyclic N) is 1. The fourth-order valence-corrected chi connectivity index (χ4v) is 2.67. The van der Waals surface area contributed by atoms with Crippen molar-refractivity contribution in [3.63, 3.8) is 0 Å². The Kier molecular flexibility index (Phi) is 5.19. The Morgan fingerprint density at radius 1 is 1.18 bits per heavy atom. The molecule has 4 N–H and O–H groups in total. The molecule has 0 saturated carbocycles. The number of fused-ring (bicyclic) bond motifs is 1. The van der Waals surface area contributed by atoms with Gasteiger partial charge in [-0.2, -0.15) is 0 Å². The van der Waals surface area contributed by atoms with Gasteiger partial charge in [0.15, 0.2) is 11.5 Å². The van der Waals surface area contributed by atoms with Crippen molar-refractivity contribution in [1.29, 1.82) is 0 Å². The van der Waals surface area contributed by atoms with Gasteiger partial charge in [-0.05, 0) is 46.5 Å². The number of nitrogens with one attached hydrogen (secondary N) is 1. The number of aliphatic hydroxyl groups excluding tert-OH is 1. The molecule has 22 heavy (non-hydrogen) atoms. The van der Waals surface area contributed by atoms with Crippen LogP contribution in [0.1, 0.15) is 44.7 Å². The summed E-state index contributed by atoms with van der Waals surface area (Å²) in [6, 6.07) is 1.45. The minimum atomic E-state index is -0.630. The van der Waals surface area contributed by atoms with E-state index in [9.17, 15) is 15.3 Å². The maximum Gasteiger partial charge on any atom is 0.161 e. The van der Waals surface area contributed by atoms with Crippen LogP contribution in [0.15, 0.2) is 6.07 Å². The number of aliphatic hydroxyl groups is 1. The normalized spacial score (nSPS) is 16.2. The molecule has 0 fully saturated rings. The van der Waals surface area contributed by atoms with E-state index < -0.39 is 6.10 Å². The summed E-state index contributed by atoms with van der Waals surface area (Å²) in [6.07, 6.45) is 2.99. The first kappa shape index (κ1) is 16.9. The lowest BCUT2D eigenvalue weighted by molar-refractivity contribution is 0.0992. The van der Waals surface area contributed by atoms with E-state index in [2.05, 4.69) is 5.32 Å². The molecule has 0 aromatic heterocycles. The predicted molar refractivity (Wildman–Crippen MR) is 85.7 cm³/mol. The highest BCUT2D eigenvalue weighted by atomic mass is 16.5. The number of hydrogen-bond donors (Lipinski definition) is 4. The number of ether oxygens (including phenoxy) is 1. The van der Waals surface area contributed by atoms with Gasteiger partial charge in [0.05, 0.1) is 0 Å². The summed E-state index contributed by atoms with van der Waals surface area (Å²) >= 11 is 0. The molecule has 5 heteroatoms. The molecule has 1 aliphatic carbocycles. The van der Waals surface area contributed by atoms with Gasteiger partial charge in [0.2, 0.25) is 0 Å². The van der Waals surface area contributed by atoms with Gasteiger partial charge in [0, 0.05) is 29.3 Å². The second-order valence-corrected chi connectivity index (χ2v) is 7.00. The summed E-state index contributed by atoms with van der Waals surface area (Å²) in [5.74, 6) is 0.384. The summed E-state index contributed by atoms with van der Waals surface area (Å²) in [5.41, 5.74) is 1.68. The van der Waals surface area contributed by atoms with Gasteiger partial charge in [0.1, 0.15) is 18.5 Å². The number of rotatable bonds is 5. The molecule has 124 valence electrons. The van der Waals surface area contributed by atoms with Crippen LogP contribution in [0, 0.1) is 0 Å². The Morgan fingerprint density at radius 3 is 2.45 bits per heavy atom. The third-order valence-corrected chi connectivity index (χ3v) is 3.86. The lowest BCUT2D eigenvalue weighted by Gasteiger charge is -2.24. The van der Waals surface area contributed by atoms with Crippen molar-refractivity contribution in [3.05, 3.63) is 17.2 Å². The van der Waals surface area contributed by atoms with Crippen LogP contribution in [-0.2, 0) is 12.8 Å². The first-order valence-electron chi connectivity index (χ1n) is 7.90. The minimum Gasteiger partial charge on any atom is -0.504 e. The van der Waals surface area contributed by atoms with Crippen LogP contribution < -0.4 is 10.1 Å². The number of phenolic OH excluding ortho intramolecular Hbond substituents is 2. The molecule has 1 aromatic rings. The first-order chi connectivity index (χ1) is 10.3. The lowest BCUT2D eigenvalue weighted by Crippen LogP contribution is -2.42. The van der Waals surface area contributed by atoms with E-state index in [0.29, 0.717) is 12.3 Å². The van der Waals surface area contributed by atoms with Crippen LogP contribution in [0.3, 0.4) is 0 Å². The fourth-order valence-electron chi connectivity index (χ4n) is 2.67. The van der Waals surface area contributed by atoms with Crippen molar-refractivity contribution in [2.24, 2.45) is 0 Å². The van der Waals surface area contributed by atoms with Crippen LogP contribution >= 0.6 is 0 Å².